The fourth-order valence-corrected chi connectivity index (χ4v) is 3.40. The Morgan fingerprint density at radius 1 is 1.33 bits per heavy atom. The molecular weight excluding hydrogens is 401 g/mol. The van der Waals surface area contributed by atoms with Gasteiger partial charge in [-0.15, -0.1) is 11.3 Å². The van der Waals surface area contributed by atoms with Gasteiger partial charge in [0.15, 0.2) is 5.84 Å². The topological polar surface area (TPSA) is 87.7 Å². The number of carbonyl (C=O) groups is 1. The molecule has 2 aromatic rings. The van der Waals surface area contributed by atoms with Crippen LogP contribution in [0.1, 0.15) is 15.9 Å². The summed E-state index contributed by atoms with van der Waals surface area (Å²) in [6.45, 7) is 0. The van der Waals surface area contributed by atoms with Gasteiger partial charge in [-0.1, -0.05) is 44.3 Å². The minimum atomic E-state index is -0.437. The minimum absolute atomic E-state index is 0.118. The van der Waals surface area contributed by atoms with Crippen LogP contribution in [0.3, 0.4) is 0 Å². The second-order valence-electron chi connectivity index (χ2n) is 3.87. The third kappa shape index (κ3) is 3.68. The van der Waals surface area contributed by atoms with Crippen LogP contribution >= 0.6 is 50.5 Å². The van der Waals surface area contributed by atoms with Crippen molar-refractivity contribution in [2.75, 3.05) is 5.32 Å². The maximum absolute atomic E-state index is 12.2. The molecule has 0 radical (unpaired) electrons. The quantitative estimate of drug-likeness (QED) is 0.308. The predicted molar refractivity (Wildman–Crippen MR) is 88.9 cm³/mol. The fourth-order valence-electron chi connectivity index (χ4n) is 1.58. The van der Waals surface area contributed by atoms with E-state index >= 15 is 0 Å². The maximum atomic E-state index is 12.2. The van der Waals surface area contributed by atoms with E-state index in [1.54, 1.807) is 18.2 Å². The zero-order valence-corrected chi connectivity index (χ0v) is 14.1. The minimum Gasteiger partial charge on any atom is -0.409 e. The Morgan fingerprint density at radius 2 is 2.05 bits per heavy atom. The first-order valence-electron chi connectivity index (χ1n) is 5.46. The first kappa shape index (κ1) is 16.1. The SMILES string of the molecule is N/C(=N/O)c1ccc(Br)cc1NC(=O)c1cc(Cl)sc1Cl. The lowest BCUT2D eigenvalue weighted by atomic mass is 10.1. The number of nitrogens with zero attached hydrogens (tertiary/aromatic N) is 1. The van der Waals surface area contributed by atoms with Crippen LogP contribution in [0.2, 0.25) is 8.67 Å². The first-order valence-corrected chi connectivity index (χ1v) is 7.82. The summed E-state index contributed by atoms with van der Waals surface area (Å²) >= 11 is 16.2. The summed E-state index contributed by atoms with van der Waals surface area (Å²) in [6.07, 6.45) is 0. The molecule has 4 N–H and O–H groups in total. The molecule has 0 aliphatic carbocycles. The van der Waals surface area contributed by atoms with Crippen molar-refractivity contribution in [2.45, 2.75) is 0 Å². The van der Waals surface area contributed by atoms with E-state index in [2.05, 4.69) is 26.4 Å². The second-order valence-corrected chi connectivity index (χ2v) is 7.07. The van der Waals surface area contributed by atoms with Crippen LogP contribution in [0.5, 0.6) is 0 Å². The normalized spacial score (nSPS) is 11.5. The van der Waals surface area contributed by atoms with Gasteiger partial charge in [0.1, 0.15) is 4.34 Å². The summed E-state index contributed by atoms with van der Waals surface area (Å²) in [4.78, 5) is 12.2. The zero-order chi connectivity index (χ0) is 15.6. The number of nitrogens with one attached hydrogen (secondary N) is 1. The molecule has 0 spiro atoms. The molecule has 1 aromatic heterocycles. The molecule has 1 amide bonds. The Labute approximate surface area is 142 Å². The largest absolute Gasteiger partial charge is 0.409 e. The average molecular weight is 409 g/mol. The number of nitrogens with two attached hydrogens (primary N) is 1. The highest BCUT2D eigenvalue weighted by Crippen LogP contribution is 2.32. The lowest BCUT2D eigenvalue weighted by molar-refractivity contribution is 0.102. The highest BCUT2D eigenvalue weighted by Gasteiger charge is 2.17. The Bertz CT molecular complexity index is 733. The number of anilines is 1. The molecule has 0 atom stereocenters. The number of amidine groups is 1. The second kappa shape index (κ2) is 6.65. The molecule has 1 heterocycles. The first-order chi connectivity index (χ1) is 9.92. The third-order valence-electron chi connectivity index (χ3n) is 2.51. The molecule has 21 heavy (non-hydrogen) atoms. The summed E-state index contributed by atoms with van der Waals surface area (Å²) in [5, 5.41) is 14.4. The van der Waals surface area contributed by atoms with Crippen molar-refractivity contribution >= 4 is 67.9 Å². The monoisotopic (exact) mass is 407 g/mol. The summed E-state index contributed by atoms with van der Waals surface area (Å²) in [5.74, 6) is -0.555. The Hall–Kier alpha value is -1.28. The number of halogens is 3. The van der Waals surface area contributed by atoms with Gasteiger partial charge in [-0.2, -0.15) is 0 Å². The molecule has 0 saturated heterocycles. The molecule has 0 bridgehead atoms. The zero-order valence-electron chi connectivity index (χ0n) is 10.2. The van der Waals surface area contributed by atoms with Gasteiger partial charge in [-0.05, 0) is 24.3 Å². The number of rotatable bonds is 3. The molecule has 0 aliphatic rings. The van der Waals surface area contributed by atoms with Gasteiger partial charge in [0, 0.05) is 10.0 Å². The van der Waals surface area contributed by atoms with Gasteiger partial charge in [0.25, 0.3) is 5.91 Å². The summed E-state index contributed by atoms with van der Waals surface area (Å²) < 4.78 is 1.43. The molecular formula is C12H8BrCl2N3O2S. The molecule has 2 rings (SSSR count). The molecule has 110 valence electrons. The van der Waals surface area contributed by atoms with E-state index in [1.165, 1.54) is 6.07 Å². The van der Waals surface area contributed by atoms with Crippen molar-refractivity contribution in [3.05, 3.63) is 48.5 Å². The van der Waals surface area contributed by atoms with E-state index in [4.69, 9.17) is 34.1 Å². The summed E-state index contributed by atoms with van der Waals surface area (Å²) in [5.41, 5.74) is 6.60. The van der Waals surface area contributed by atoms with Gasteiger partial charge < -0.3 is 16.3 Å². The number of benzene rings is 1. The standard InChI is InChI=1S/C12H8BrCl2N3O2S/c13-5-1-2-6(11(16)18-20)8(3-5)17-12(19)7-4-9(14)21-10(7)15/h1-4,20H,(H2,16,18)(H,17,19). The van der Waals surface area contributed by atoms with E-state index < -0.39 is 5.91 Å². The van der Waals surface area contributed by atoms with E-state index in [-0.39, 0.29) is 15.7 Å². The van der Waals surface area contributed by atoms with Gasteiger partial charge >= 0.3 is 0 Å². The number of oxime groups is 1. The molecule has 0 unspecified atom stereocenters. The lowest BCUT2D eigenvalue weighted by Crippen LogP contribution is -2.19. The van der Waals surface area contributed by atoms with Crippen LogP contribution in [0.15, 0.2) is 33.9 Å². The van der Waals surface area contributed by atoms with Gasteiger partial charge in [0.2, 0.25) is 0 Å². The number of hydrogen-bond donors (Lipinski definition) is 3. The van der Waals surface area contributed by atoms with Crippen LogP contribution in [0, 0.1) is 0 Å². The number of hydrogen-bond acceptors (Lipinski definition) is 4. The van der Waals surface area contributed by atoms with Gasteiger partial charge in [-0.3, -0.25) is 4.79 Å². The van der Waals surface area contributed by atoms with Crippen molar-refractivity contribution in [1.29, 1.82) is 0 Å². The van der Waals surface area contributed by atoms with Crippen molar-refractivity contribution in [1.82, 2.24) is 0 Å². The Morgan fingerprint density at radius 3 is 2.62 bits per heavy atom. The van der Waals surface area contributed by atoms with Crippen molar-refractivity contribution in [2.24, 2.45) is 10.9 Å². The van der Waals surface area contributed by atoms with Gasteiger partial charge in [-0.25, -0.2) is 0 Å². The van der Waals surface area contributed by atoms with Gasteiger partial charge in [0.05, 0.1) is 15.6 Å². The Balaban J connectivity index is 2.37. The van der Waals surface area contributed by atoms with E-state index in [0.29, 0.717) is 15.6 Å². The molecule has 5 nitrogen and oxygen atoms in total. The average Bonchev–Trinajstić information content (AvgIpc) is 2.77. The maximum Gasteiger partial charge on any atom is 0.258 e. The van der Waals surface area contributed by atoms with Crippen LogP contribution in [-0.2, 0) is 0 Å². The summed E-state index contributed by atoms with van der Waals surface area (Å²) in [6, 6.07) is 6.42. The van der Waals surface area contributed by atoms with Crippen molar-refractivity contribution in [3.8, 4) is 0 Å². The van der Waals surface area contributed by atoms with Crippen LogP contribution in [0.25, 0.3) is 0 Å². The molecule has 0 fully saturated rings. The molecule has 0 aliphatic heterocycles. The third-order valence-corrected chi connectivity index (χ3v) is 4.50. The smallest absolute Gasteiger partial charge is 0.258 e. The predicted octanol–water partition coefficient (Wildman–Crippen LogP) is 4.16. The van der Waals surface area contributed by atoms with Crippen LogP contribution in [-0.4, -0.2) is 17.0 Å². The highest BCUT2D eigenvalue weighted by molar-refractivity contribution is 9.10. The van der Waals surface area contributed by atoms with E-state index in [1.807, 2.05) is 0 Å². The Kier molecular flexibility index (Phi) is 5.10. The number of carbonyl (C=O) groups excluding carboxylic acids is 1. The number of amides is 1. The van der Waals surface area contributed by atoms with Crippen molar-refractivity contribution < 1.29 is 10.0 Å². The van der Waals surface area contributed by atoms with E-state index in [0.717, 1.165) is 15.8 Å². The van der Waals surface area contributed by atoms with Crippen LogP contribution in [0.4, 0.5) is 5.69 Å². The van der Waals surface area contributed by atoms with E-state index in [9.17, 15) is 4.79 Å². The molecule has 1 aromatic carbocycles. The fraction of sp³-hybridized carbons (Fsp3) is 0. The number of thiophene rings is 1. The lowest BCUT2D eigenvalue weighted by Gasteiger charge is -2.10. The highest BCUT2D eigenvalue weighted by atomic mass is 79.9. The summed E-state index contributed by atoms with van der Waals surface area (Å²) in [7, 11) is 0. The van der Waals surface area contributed by atoms with Crippen molar-refractivity contribution in [3.63, 3.8) is 0 Å². The molecule has 9 heteroatoms. The van der Waals surface area contributed by atoms with Crippen LogP contribution < -0.4 is 11.1 Å². The molecule has 0 saturated carbocycles.